The Morgan fingerprint density at radius 2 is 2.00 bits per heavy atom. The highest BCUT2D eigenvalue weighted by atomic mass is 35.5. The van der Waals surface area contributed by atoms with Gasteiger partial charge in [-0.3, -0.25) is 0 Å². The predicted octanol–water partition coefficient (Wildman–Crippen LogP) is 3.22. The van der Waals surface area contributed by atoms with E-state index in [0.29, 0.717) is 5.56 Å². The van der Waals surface area contributed by atoms with Crippen molar-refractivity contribution in [2.45, 2.75) is 19.7 Å². The zero-order valence-corrected chi connectivity index (χ0v) is 10.0. The minimum atomic E-state index is -4.30. The van der Waals surface area contributed by atoms with Crippen LogP contribution in [0.15, 0.2) is 18.2 Å². The zero-order chi connectivity index (χ0) is 13.1. The second kappa shape index (κ2) is 5.60. The van der Waals surface area contributed by atoms with Gasteiger partial charge in [-0.1, -0.05) is 23.7 Å². The van der Waals surface area contributed by atoms with Crippen molar-refractivity contribution < 1.29 is 18.3 Å². The number of rotatable bonds is 4. The molecule has 0 aromatic heterocycles. The lowest BCUT2D eigenvalue weighted by molar-refractivity contribution is -0.119. The third kappa shape index (κ3) is 3.78. The van der Waals surface area contributed by atoms with Gasteiger partial charge in [0.15, 0.2) is 0 Å². The molecule has 2 nitrogen and oxygen atoms in total. The molecule has 17 heavy (non-hydrogen) atoms. The maximum absolute atomic E-state index is 12.4. The van der Waals surface area contributed by atoms with Crippen molar-refractivity contribution in [1.29, 1.82) is 0 Å². The van der Waals surface area contributed by atoms with Crippen LogP contribution in [-0.2, 0) is 6.61 Å². The fraction of sp³-hybridized carbons (Fsp3) is 0.455. The molecular weight excluding hydrogens is 255 g/mol. The van der Waals surface area contributed by atoms with E-state index in [4.69, 9.17) is 16.7 Å². The van der Waals surface area contributed by atoms with E-state index in [9.17, 15) is 13.2 Å². The van der Waals surface area contributed by atoms with Crippen molar-refractivity contribution in [3.8, 4) is 0 Å². The summed E-state index contributed by atoms with van der Waals surface area (Å²) in [5.41, 5.74) is 0.639. The van der Waals surface area contributed by atoms with Crippen LogP contribution in [0.4, 0.5) is 18.9 Å². The highest BCUT2D eigenvalue weighted by Gasteiger charge is 2.31. The molecule has 1 aromatic rings. The molecule has 0 aliphatic heterocycles. The molecule has 0 heterocycles. The first-order valence-corrected chi connectivity index (χ1v) is 5.46. The number of nitrogens with zero attached hydrogens (tertiary/aromatic N) is 1. The van der Waals surface area contributed by atoms with Crippen LogP contribution in [0.3, 0.4) is 0 Å². The number of aliphatic hydroxyl groups excluding tert-OH is 1. The lowest BCUT2D eigenvalue weighted by atomic mass is 10.1. The summed E-state index contributed by atoms with van der Waals surface area (Å²) in [5.74, 6) is 0. The van der Waals surface area contributed by atoms with Gasteiger partial charge >= 0.3 is 6.18 Å². The molecule has 1 N–H and O–H groups in total. The minimum absolute atomic E-state index is 0.163. The number of anilines is 1. The average Bonchev–Trinajstić information content (AvgIpc) is 2.24. The van der Waals surface area contributed by atoms with E-state index in [0.717, 1.165) is 4.90 Å². The fourth-order valence-corrected chi connectivity index (χ4v) is 1.92. The molecule has 1 aromatic carbocycles. The van der Waals surface area contributed by atoms with Gasteiger partial charge in [0.2, 0.25) is 0 Å². The summed E-state index contributed by atoms with van der Waals surface area (Å²) >= 11 is 5.89. The van der Waals surface area contributed by atoms with Crippen molar-refractivity contribution in [2.75, 3.05) is 18.0 Å². The molecular formula is C11H13ClF3NO. The highest BCUT2D eigenvalue weighted by molar-refractivity contribution is 6.33. The predicted molar refractivity (Wildman–Crippen MR) is 61.3 cm³/mol. The summed E-state index contributed by atoms with van der Waals surface area (Å²) in [6, 6.07) is 4.66. The Hall–Kier alpha value is -0.940. The first-order chi connectivity index (χ1) is 7.89. The maximum Gasteiger partial charge on any atom is 0.405 e. The van der Waals surface area contributed by atoms with Gasteiger partial charge in [0, 0.05) is 12.1 Å². The summed E-state index contributed by atoms with van der Waals surface area (Å²) in [6.45, 7) is 0.344. The number of benzene rings is 1. The molecule has 96 valence electrons. The van der Waals surface area contributed by atoms with Crippen LogP contribution >= 0.6 is 11.6 Å². The van der Waals surface area contributed by atoms with E-state index in [1.165, 1.54) is 6.07 Å². The summed E-state index contributed by atoms with van der Waals surface area (Å²) < 4.78 is 37.2. The Labute approximate surface area is 103 Å². The third-order valence-corrected chi connectivity index (χ3v) is 2.61. The Kier molecular flexibility index (Phi) is 4.65. The molecule has 0 aliphatic rings. The van der Waals surface area contributed by atoms with E-state index >= 15 is 0 Å². The molecule has 0 saturated heterocycles. The Morgan fingerprint density at radius 3 is 2.47 bits per heavy atom. The number of hydrogen-bond donors (Lipinski definition) is 1. The zero-order valence-electron chi connectivity index (χ0n) is 9.26. The van der Waals surface area contributed by atoms with Crippen LogP contribution in [-0.4, -0.2) is 24.4 Å². The van der Waals surface area contributed by atoms with Crippen molar-refractivity contribution in [1.82, 2.24) is 0 Å². The summed E-state index contributed by atoms with van der Waals surface area (Å²) in [4.78, 5) is 1.11. The molecule has 1 rings (SSSR count). The van der Waals surface area contributed by atoms with Gasteiger partial charge in [0.1, 0.15) is 6.54 Å². The quantitative estimate of drug-likeness (QED) is 0.905. The summed E-state index contributed by atoms with van der Waals surface area (Å²) in [6.07, 6.45) is -4.30. The minimum Gasteiger partial charge on any atom is -0.392 e. The second-order valence-corrected chi connectivity index (χ2v) is 3.94. The fourth-order valence-electron chi connectivity index (χ4n) is 1.61. The molecule has 0 aliphatic carbocycles. The Balaban J connectivity index is 3.11. The van der Waals surface area contributed by atoms with E-state index in [-0.39, 0.29) is 23.9 Å². The average molecular weight is 268 g/mol. The van der Waals surface area contributed by atoms with Gasteiger partial charge in [-0.25, -0.2) is 0 Å². The van der Waals surface area contributed by atoms with Gasteiger partial charge in [0.05, 0.1) is 17.3 Å². The smallest absolute Gasteiger partial charge is 0.392 e. The molecule has 6 heteroatoms. The number of halogens is 4. The molecule has 0 amide bonds. The SMILES string of the molecule is CCN(CC(F)(F)F)c1c(Cl)cccc1CO. The third-order valence-electron chi connectivity index (χ3n) is 2.31. The molecule has 0 atom stereocenters. The molecule has 0 radical (unpaired) electrons. The standard InChI is InChI=1S/C11H13ClF3NO/c1-2-16(7-11(13,14)15)10-8(6-17)4-3-5-9(10)12/h3-5,17H,2,6-7H2,1H3. The monoisotopic (exact) mass is 267 g/mol. The van der Waals surface area contributed by atoms with Crippen LogP contribution in [0.5, 0.6) is 0 Å². The topological polar surface area (TPSA) is 23.5 Å². The Bertz CT molecular complexity index is 381. The van der Waals surface area contributed by atoms with Crippen molar-refractivity contribution in [3.63, 3.8) is 0 Å². The molecule has 0 saturated carbocycles. The van der Waals surface area contributed by atoms with E-state index < -0.39 is 12.7 Å². The van der Waals surface area contributed by atoms with Crippen LogP contribution in [0.1, 0.15) is 12.5 Å². The lowest BCUT2D eigenvalue weighted by Crippen LogP contribution is -2.34. The van der Waals surface area contributed by atoms with Crippen molar-refractivity contribution in [2.24, 2.45) is 0 Å². The molecule has 0 fully saturated rings. The number of para-hydroxylation sites is 1. The number of alkyl halides is 3. The summed E-state index contributed by atoms with van der Waals surface area (Å²) in [7, 11) is 0. The number of hydrogen-bond acceptors (Lipinski definition) is 2. The highest BCUT2D eigenvalue weighted by Crippen LogP contribution is 2.32. The van der Waals surface area contributed by atoms with Gasteiger partial charge < -0.3 is 10.0 Å². The van der Waals surface area contributed by atoms with Crippen LogP contribution in [0.2, 0.25) is 5.02 Å². The van der Waals surface area contributed by atoms with E-state index in [2.05, 4.69) is 0 Å². The maximum atomic E-state index is 12.4. The molecule has 0 spiro atoms. The van der Waals surface area contributed by atoms with Crippen LogP contribution < -0.4 is 4.90 Å². The van der Waals surface area contributed by atoms with Crippen molar-refractivity contribution in [3.05, 3.63) is 28.8 Å². The largest absolute Gasteiger partial charge is 0.405 e. The first kappa shape index (κ1) is 14.1. The molecule has 0 bridgehead atoms. The normalized spacial score (nSPS) is 11.6. The lowest BCUT2D eigenvalue weighted by Gasteiger charge is -2.27. The summed E-state index contributed by atoms with van der Waals surface area (Å²) in [5, 5.41) is 9.33. The molecule has 0 unspecified atom stereocenters. The second-order valence-electron chi connectivity index (χ2n) is 3.54. The van der Waals surface area contributed by atoms with Gasteiger partial charge in [-0.15, -0.1) is 0 Å². The van der Waals surface area contributed by atoms with Crippen molar-refractivity contribution >= 4 is 17.3 Å². The van der Waals surface area contributed by atoms with Crippen LogP contribution in [0.25, 0.3) is 0 Å². The van der Waals surface area contributed by atoms with Gasteiger partial charge in [0.25, 0.3) is 0 Å². The van der Waals surface area contributed by atoms with E-state index in [1.54, 1.807) is 19.1 Å². The van der Waals surface area contributed by atoms with Gasteiger partial charge in [-0.05, 0) is 13.0 Å². The van der Waals surface area contributed by atoms with Crippen LogP contribution in [0, 0.1) is 0 Å². The number of aliphatic hydroxyl groups is 1. The first-order valence-electron chi connectivity index (χ1n) is 5.09. The Morgan fingerprint density at radius 1 is 1.35 bits per heavy atom. The van der Waals surface area contributed by atoms with E-state index in [1.807, 2.05) is 0 Å². The van der Waals surface area contributed by atoms with Gasteiger partial charge in [-0.2, -0.15) is 13.2 Å².